The average Bonchev–Trinajstić information content (AvgIpc) is 2.91. The minimum absolute atomic E-state index is 0.753. The van der Waals surface area contributed by atoms with Crippen molar-refractivity contribution in [1.82, 2.24) is 15.0 Å². The van der Waals surface area contributed by atoms with Gasteiger partial charge in [0, 0.05) is 6.20 Å². The first-order valence-corrected chi connectivity index (χ1v) is 6.43. The van der Waals surface area contributed by atoms with Gasteiger partial charge in [-0.05, 0) is 48.2 Å². The van der Waals surface area contributed by atoms with Crippen LogP contribution in [-0.2, 0) is 13.0 Å². The zero-order valence-electron chi connectivity index (χ0n) is 9.17. The molecule has 0 aromatic carbocycles. The van der Waals surface area contributed by atoms with E-state index in [4.69, 9.17) is 5.73 Å². The third kappa shape index (κ3) is 3.15. The number of hydrogen-bond donors (Lipinski definition) is 1. The van der Waals surface area contributed by atoms with Crippen molar-refractivity contribution in [3.8, 4) is 0 Å². The Kier molecular flexibility index (Phi) is 4.07. The molecule has 2 heterocycles. The Morgan fingerprint density at radius 3 is 3.06 bits per heavy atom. The van der Waals surface area contributed by atoms with Crippen molar-refractivity contribution < 1.29 is 0 Å². The van der Waals surface area contributed by atoms with Crippen LogP contribution in [0.5, 0.6) is 0 Å². The van der Waals surface area contributed by atoms with Gasteiger partial charge in [0.2, 0.25) is 0 Å². The largest absolute Gasteiger partial charge is 0.330 e. The van der Waals surface area contributed by atoms with Gasteiger partial charge in [0.15, 0.2) is 0 Å². The normalized spacial score (nSPS) is 10.8. The van der Waals surface area contributed by atoms with Crippen molar-refractivity contribution in [1.29, 1.82) is 0 Å². The predicted molar refractivity (Wildman–Crippen MR) is 65.4 cm³/mol. The lowest BCUT2D eigenvalue weighted by atomic mass is 10.2. The summed E-state index contributed by atoms with van der Waals surface area (Å²) >= 11 is 1.71. The quantitative estimate of drug-likeness (QED) is 0.776. The Balaban J connectivity index is 1.87. The van der Waals surface area contributed by atoms with E-state index in [0.717, 1.165) is 38.0 Å². The summed E-state index contributed by atoms with van der Waals surface area (Å²) in [6, 6.07) is 2.11. The maximum Gasteiger partial charge on any atom is 0.0827 e. The molecule has 86 valence electrons. The van der Waals surface area contributed by atoms with Gasteiger partial charge in [-0.1, -0.05) is 5.21 Å². The van der Waals surface area contributed by atoms with Crippen molar-refractivity contribution in [3.63, 3.8) is 0 Å². The third-order valence-corrected chi connectivity index (χ3v) is 3.13. The van der Waals surface area contributed by atoms with Crippen molar-refractivity contribution in [2.45, 2.75) is 25.8 Å². The summed E-state index contributed by atoms with van der Waals surface area (Å²) < 4.78 is 1.89. The molecule has 4 nitrogen and oxygen atoms in total. The van der Waals surface area contributed by atoms with Crippen molar-refractivity contribution in [2.75, 3.05) is 6.54 Å². The summed E-state index contributed by atoms with van der Waals surface area (Å²) in [5, 5.41) is 12.5. The molecule has 2 rings (SSSR count). The molecular formula is C11H16N4S. The van der Waals surface area contributed by atoms with E-state index in [1.807, 2.05) is 10.9 Å². The van der Waals surface area contributed by atoms with Gasteiger partial charge < -0.3 is 5.73 Å². The van der Waals surface area contributed by atoms with Crippen molar-refractivity contribution in [3.05, 3.63) is 34.3 Å². The summed E-state index contributed by atoms with van der Waals surface area (Å²) in [6.45, 7) is 1.57. The number of thiophene rings is 1. The van der Waals surface area contributed by atoms with E-state index in [0.29, 0.717) is 0 Å². The monoisotopic (exact) mass is 236 g/mol. The molecule has 0 saturated heterocycles. The number of nitrogens with two attached hydrogens (primary N) is 1. The first-order valence-electron chi connectivity index (χ1n) is 5.48. The van der Waals surface area contributed by atoms with Gasteiger partial charge in [0.1, 0.15) is 0 Å². The first kappa shape index (κ1) is 11.3. The maximum absolute atomic E-state index is 5.45. The Morgan fingerprint density at radius 2 is 2.31 bits per heavy atom. The second-order valence-corrected chi connectivity index (χ2v) is 4.56. The minimum Gasteiger partial charge on any atom is -0.330 e. The fourth-order valence-electron chi connectivity index (χ4n) is 1.55. The fourth-order valence-corrected chi connectivity index (χ4v) is 2.21. The molecule has 0 amide bonds. The fraction of sp³-hybridized carbons (Fsp3) is 0.455. The Labute approximate surface area is 99.1 Å². The average molecular weight is 236 g/mol. The molecule has 0 aliphatic heterocycles. The van der Waals surface area contributed by atoms with Crippen LogP contribution in [-0.4, -0.2) is 21.5 Å². The highest BCUT2D eigenvalue weighted by atomic mass is 32.1. The molecule has 0 radical (unpaired) electrons. The lowest BCUT2D eigenvalue weighted by molar-refractivity contribution is 0.650. The maximum atomic E-state index is 5.45. The number of unbranched alkanes of at least 4 members (excludes halogenated alkanes) is 1. The topological polar surface area (TPSA) is 56.7 Å². The summed E-state index contributed by atoms with van der Waals surface area (Å²) in [5.41, 5.74) is 7.79. The Morgan fingerprint density at radius 1 is 1.38 bits per heavy atom. The molecule has 0 aliphatic rings. The lowest BCUT2D eigenvalue weighted by Crippen LogP contribution is -1.99. The van der Waals surface area contributed by atoms with E-state index in [2.05, 4.69) is 27.1 Å². The SMILES string of the molecule is NCCCCc1cn(Cc2ccsc2)nn1. The first-order chi connectivity index (χ1) is 7.88. The van der Waals surface area contributed by atoms with Gasteiger partial charge in [-0.25, -0.2) is 4.68 Å². The summed E-state index contributed by atoms with van der Waals surface area (Å²) in [4.78, 5) is 0. The van der Waals surface area contributed by atoms with Crippen LogP contribution in [0.25, 0.3) is 0 Å². The van der Waals surface area contributed by atoms with Crippen LogP contribution >= 0.6 is 11.3 Å². The molecule has 0 saturated carbocycles. The molecule has 0 aliphatic carbocycles. The van der Waals surface area contributed by atoms with Gasteiger partial charge in [-0.3, -0.25) is 0 Å². The number of hydrogen-bond acceptors (Lipinski definition) is 4. The van der Waals surface area contributed by atoms with Gasteiger partial charge in [-0.15, -0.1) is 5.10 Å². The third-order valence-electron chi connectivity index (χ3n) is 2.40. The number of aromatic nitrogens is 3. The summed E-state index contributed by atoms with van der Waals surface area (Å²) in [6.07, 6.45) is 5.14. The highest BCUT2D eigenvalue weighted by Crippen LogP contribution is 2.08. The molecular weight excluding hydrogens is 220 g/mol. The highest BCUT2D eigenvalue weighted by Gasteiger charge is 2.01. The molecule has 2 N–H and O–H groups in total. The molecule has 0 atom stereocenters. The number of rotatable bonds is 6. The molecule has 5 heteroatoms. The molecule has 0 unspecified atom stereocenters. The van der Waals surface area contributed by atoms with Crippen LogP contribution < -0.4 is 5.73 Å². The van der Waals surface area contributed by atoms with Crippen LogP contribution in [0.4, 0.5) is 0 Å². The van der Waals surface area contributed by atoms with Crippen molar-refractivity contribution in [2.24, 2.45) is 5.73 Å². The van der Waals surface area contributed by atoms with Crippen LogP contribution in [0.2, 0.25) is 0 Å². The minimum atomic E-state index is 0.753. The van der Waals surface area contributed by atoms with E-state index < -0.39 is 0 Å². The van der Waals surface area contributed by atoms with E-state index >= 15 is 0 Å². The van der Waals surface area contributed by atoms with E-state index in [1.165, 1.54) is 5.56 Å². The molecule has 0 bridgehead atoms. The van der Waals surface area contributed by atoms with Crippen LogP contribution in [0.15, 0.2) is 23.0 Å². The standard InChI is InChI=1S/C11H16N4S/c12-5-2-1-3-11-8-15(14-13-11)7-10-4-6-16-9-10/h4,6,8-9H,1-3,5,7,12H2. The molecule has 2 aromatic heterocycles. The molecule has 16 heavy (non-hydrogen) atoms. The smallest absolute Gasteiger partial charge is 0.0827 e. The Bertz CT molecular complexity index is 407. The summed E-state index contributed by atoms with van der Waals surface area (Å²) in [5.74, 6) is 0. The van der Waals surface area contributed by atoms with Gasteiger partial charge >= 0.3 is 0 Å². The predicted octanol–water partition coefficient (Wildman–Crippen LogP) is 1.67. The van der Waals surface area contributed by atoms with Crippen LogP contribution in [0.1, 0.15) is 24.1 Å². The Hall–Kier alpha value is -1.20. The molecule has 2 aromatic rings. The van der Waals surface area contributed by atoms with E-state index in [9.17, 15) is 0 Å². The van der Waals surface area contributed by atoms with Crippen LogP contribution in [0, 0.1) is 0 Å². The van der Waals surface area contributed by atoms with Gasteiger partial charge in [0.25, 0.3) is 0 Å². The van der Waals surface area contributed by atoms with Gasteiger partial charge in [-0.2, -0.15) is 11.3 Å². The van der Waals surface area contributed by atoms with Gasteiger partial charge in [0.05, 0.1) is 12.2 Å². The number of nitrogens with zero attached hydrogens (tertiary/aromatic N) is 3. The zero-order chi connectivity index (χ0) is 11.2. The summed E-state index contributed by atoms with van der Waals surface area (Å²) in [7, 11) is 0. The second kappa shape index (κ2) is 5.77. The van der Waals surface area contributed by atoms with Crippen LogP contribution in [0.3, 0.4) is 0 Å². The molecule has 0 spiro atoms. The highest BCUT2D eigenvalue weighted by molar-refractivity contribution is 7.07. The number of aryl methyl sites for hydroxylation is 1. The van der Waals surface area contributed by atoms with Crippen molar-refractivity contribution >= 4 is 11.3 Å². The zero-order valence-corrected chi connectivity index (χ0v) is 9.99. The second-order valence-electron chi connectivity index (χ2n) is 3.78. The lowest BCUT2D eigenvalue weighted by Gasteiger charge is -1.96. The van der Waals surface area contributed by atoms with E-state index in [1.54, 1.807) is 11.3 Å². The molecule has 0 fully saturated rings. The van der Waals surface area contributed by atoms with E-state index in [-0.39, 0.29) is 0 Å².